The standard InChI is InChI=1S/C22H29N3O3/c1-16(2)20(24-21(26)19-6-5-13-28-19)22(27)23-14-17-7-9-18(10-8-17)15-25-11-3-4-12-25/h5-10,13,16,20H,3-4,11-12,14-15H2,1-2H3,(H,23,27)(H,24,26). The quantitative estimate of drug-likeness (QED) is 0.735. The van der Waals surface area contributed by atoms with Crippen LogP contribution in [0.15, 0.2) is 47.1 Å². The molecule has 6 nitrogen and oxygen atoms in total. The van der Waals surface area contributed by atoms with Gasteiger partial charge in [-0.2, -0.15) is 0 Å². The molecule has 1 saturated heterocycles. The van der Waals surface area contributed by atoms with Crippen molar-refractivity contribution >= 4 is 11.8 Å². The van der Waals surface area contributed by atoms with E-state index in [1.54, 1.807) is 12.1 Å². The summed E-state index contributed by atoms with van der Waals surface area (Å²) < 4.78 is 5.10. The number of likely N-dealkylation sites (tertiary alicyclic amines) is 1. The third kappa shape index (κ3) is 5.45. The summed E-state index contributed by atoms with van der Waals surface area (Å²) in [4.78, 5) is 27.3. The van der Waals surface area contributed by atoms with Crippen LogP contribution in [0.25, 0.3) is 0 Å². The molecule has 1 aliphatic rings. The van der Waals surface area contributed by atoms with Gasteiger partial charge < -0.3 is 15.1 Å². The number of nitrogens with zero attached hydrogens (tertiary/aromatic N) is 1. The minimum absolute atomic E-state index is 0.0400. The monoisotopic (exact) mass is 383 g/mol. The van der Waals surface area contributed by atoms with E-state index in [1.165, 1.54) is 37.8 Å². The smallest absolute Gasteiger partial charge is 0.287 e. The third-order valence-electron chi connectivity index (χ3n) is 5.08. The summed E-state index contributed by atoms with van der Waals surface area (Å²) in [6.07, 6.45) is 4.02. The molecular formula is C22H29N3O3. The highest BCUT2D eigenvalue weighted by atomic mass is 16.3. The minimum atomic E-state index is -0.618. The lowest BCUT2D eigenvalue weighted by Crippen LogP contribution is -2.49. The summed E-state index contributed by atoms with van der Waals surface area (Å²) in [6, 6.07) is 11.0. The summed E-state index contributed by atoms with van der Waals surface area (Å²) in [7, 11) is 0. The van der Waals surface area contributed by atoms with Gasteiger partial charge in [0.05, 0.1) is 6.26 Å². The van der Waals surface area contributed by atoms with Gasteiger partial charge in [-0.1, -0.05) is 38.1 Å². The number of nitrogens with one attached hydrogen (secondary N) is 2. The van der Waals surface area contributed by atoms with E-state index in [4.69, 9.17) is 4.42 Å². The fourth-order valence-electron chi connectivity index (χ4n) is 3.42. The Labute approximate surface area is 166 Å². The molecule has 3 rings (SSSR count). The number of hydrogen-bond acceptors (Lipinski definition) is 4. The molecule has 1 aliphatic heterocycles. The third-order valence-corrected chi connectivity index (χ3v) is 5.08. The van der Waals surface area contributed by atoms with Gasteiger partial charge in [0.25, 0.3) is 5.91 Å². The van der Waals surface area contributed by atoms with E-state index in [0.717, 1.165) is 12.1 Å². The van der Waals surface area contributed by atoms with Gasteiger partial charge in [0.1, 0.15) is 6.04 Å². The number of rotatable bonds is 8. The van der Waals surface area contributed by atoms with Crippen molar-refractivity contribution in [3.05, 3.63) is 59.5 Å². The predicted molar refractivity (Wildman–Crippen MR) is 108 cm³/mol. The topological polar surface area (TPSA) is 74.6 Å². The lowest BCUT2D eigenvalue weighted by atomic mass is 10.0. The van der Waals surface area contributed by atoms with Crippen molar-refractivity contribution in [1.82, 2.24) is 15.5 Å². The van der Waals surface area contributed by atoms with Crippen LogP contribution in [0.2, 0.25) is 0 Å². The number of carbonyl (C=O) groups excluding carboxylic acids is 2. The first-order chi connectivity index (χ1) is 13.5. The van der Waals surface area contributed by atoms with Gasteiger partial charge in [-0.15, -0.1) is 0 Å². The molecule has 0 saturated carbocycles. The molecule has 1 fully saturated rings. The Bertz CT molecular complexity index is 763. The van der Waals surface area contributed by atoms with E-state index in [9.17, 15) is 9.59 Å². The van der Waals surface area contributed by atoms with Crippen molar-refractivity contribution in [3.8, 4) is 0 Å². The molecule has 6 heteroatoms. The van der Waals surface area contributed by atoms with Crippen LogP contribution in [0.1, 0.15) is 48.4 Å². The van der Waals surface area contributed by atoms with E-state index in [0.29, 0.717) is 6.54 Å². The molecule has 0 aliphatic carbocycles. The van der Waals surface area contributed by atoms with Crippen molar-refractivity contribution < 1.29 is 14.0 Å². The summed E-state index contributed by atoms with van der Waals surface area (Å²) in [6.45, 7) is 7.58. The van der Waals surface area contributed by atoms with Crippen LogP contribution in [-0.2, 0) is 17.9 Å². The van der Waals surface area contributed by atoms with Crippen molar-refractivity contribution in [1.29, 1.82) is 0 Å². The van der Waals surface area contributed by atoms with Gasteiger partial charge >= 0.3 is 0 Å². The number of hydrogen-bond donors (Lipinski definition) is 2. The van der Waals surface area contributed by atoms with Crippen molar-refractivity contribution in [2.45, 2.75) is 45.8 Å². The van der Waals surface area contributed by atoms with Crippen LogP contribution < -0.4 is 10.6 Å². The fraction of sp³-hybridized carbons (Fsp3) is 0.455. The lowest BCUT2D eigenvalue weighted by molar-refractivity contribution is -0.124. The number of carbonyl (C=O) groups is 2. The van der Waals surface area contributed by atoms with E-state index < -0.39 is 6.04 Å². The van der Waals surface area contributed by atoms with Crippen molar-refractivity contribution in [3.63, 3.8) is 0 Å². The largest absolute Gasteiger partial charge is 0.459 e. The van der Waals surface area contributed by atoms with Gasteiger partial charge in [0, 0.05) is 13.1 Å². The molecule has 28 heavy (non-hydrogen) atoms. The first-order valence-electron chi connectivity index (χ1n) is 9.95. The lowest BCUT2D eigenvalue weighted by Gasteiger charge is -2.21. The van der Waals surface area contributed by atoms with Crippen molar-refractivity contribution in [2.75, 3.05) is 13.1 Å². The van der Waals surface area contributed by atoms with Gasteiger partial charge in [0.15, 0.2) is 5.76 Å². The molecule has 0 radical (unpaired) electrons. The maximum Gasteiger partial charge on any atom is 0.287 e. The Morgan fingerprint density at radius 3 is 2.36 bits per heavy atom. The zero-order chi connectivity index (χ0) is 19.9. The number of amides is 2. The normalized spacial score (nSPS) is 15.5. The molecule has 0 bridgehead atoms. The molecular weight excluding hydrogens is 354 g/mol. The summed E-state index contributed by atoms with van der Waals surface area (Å²) in [5, 5.41) is 5.68. The Morgan fingerprint density at radius 1 is 1.07 bits per heavy atom. The molecule has 2 heterocycles. The van der Waals surface area contributed by atoms with E-state index >= 15 is 0 Å². The molecule has 2 aromatic rings. The van der Waals surface area contributed by atoms with Crippen LogP contribution in [0.4, 0.5) is 0 Å². The maximum atomic E-state index is 12.6. The van der Waals surface area contributed by atoms with Crippen LogP contribution >= 0.6 is 0 Å². The van der Waals surface area contributed by atoms with Crippen LogP contribution in [0, 0.1) is 5.92 Å². The molecule has 0 spiro atoms. The number of furan rings is 1. The first-order valence-corrected chi connectivity index (χ1v) is 9.95. The molecule has 1 unspecified atom stereocenters. The van der Waals surface area contributed by atoms with Crippen LogP contribution in [0.3, 0.4) is 0 Å². The summed E-state index contributed by atoms with van der Waals surface area (Å²) in [5.41, 5.74) is 2.33. The zero-order valence-corrected chi connectivity index (χ0v) is 16.6. The Morgan fingerprint density at radius 2 is 1.75 bits per heavy atom. The highest BCUT2D eigenvalue weighted by Gasteiger charge is 2.25. The summed E-state index contributed by atoms with van der Waals surface area (Å²) in [5.74, 6) is -0.421. The summed E-state index contributed by atoms with van der Waals surface area (Å²) >= 11 is 0. The van der Waals surface area contributed by atoms with Gasteiger partial charge in [-0.25, -0.2) is 0 Å². The molecule has 150 valence electrons. The minimum Gasteiger partial charge on any atom is -0.459 e. The molecule has 1 aromatic carbocycles. The first kappa shape index (κ1) is 20.1. The Balaban J connectivity index is 1.51. The zero-order valence-electron chi connectivity index (χ0n) is 16.6. The Kier molecular flexibility index (Phi) is 6.87. The van der Waals surface area contributed by atoms with E-state index in [1.807, 2.05) is 13.8 Å². The molecule has 1 atom stereocenters. The average molecular weight is 383 g/mol. The van der Waals surface area contributed by atoms with Gasteiger partial charge in [-0.3, -0.25) is 14.5 Å². The Hall–Kier alpha value is -2.60. The SMILES string of the molecule is CC(C)C(NC(=O)c1ccco1)C(=O)NCc1ccc(CN2CCCC2)cc1. The molecule has 1 aromatic heterocycles. The van der Waals surface area contributed by atoms with Crippen LogP contribution in [-0.4, -0.2) is 35.8 Å². The van der Waals surface area contributed by atoms with Gasteiger partial charge in [-0.05, 0) is 55.1 Å². The van der Waals surface area contributed by atoms with E-state index in [2.05, 4.69) is 39.8 Å². The predicted octanol–water partition coefficient (Wildman–Crippen LogP) is 2.95. The second-order valence-corrected chi connectivity index (χ2v) is 7.69. The highest BCUT2D eigenvalue weighted by molar-refractivity contribution is 5.95. The molecule has 2 N–H and O–H groups in total. The second kappa shape index (κ2) is 9.55. The highest BCUT2D eigenvalue weighted by Crippen LogP contribution is 2.13. The fourth-order valence-corrected chi connectivity index (χ4v) is 3.42. The van der Waals surface area contributed by atoms with Crippen LogP contribution in [0.5, 0.6) is 0 Å². The van der Waals surface area contributed by atoms with E-state index in [-0.39, 0.29) is 23.5 Å². The van der Waals surface area contributed by atoms with Gasteiger partial charge in [0.2, 0.25) is 5.91 Å². The maximum absolute atomic E-state index is 12.6. The average Bonchev–Trinajstić information content (AvgIpc) is 3.39. The number of benzene rings is 1. The molecule has 2 amide bonds. The van der Waals surface area contributed by atoms with Crippen molar-refractivity contribution in [2.24, 2.45) is 5.92 Å². The second-order valence-electron chi connectivity index (χ2n) is 7.69.